The van der Waals surface area contributed by atoms with Gasteiger partial charge in [0.15, 0.2) is 0 Å². The Labute approximate surface area is 158 Å². The van der Waals surface area contributed by atoms with Crippen molar-refractivity contribution < 1.29 is 4.79 Å². The van der Waals surface area contributed by atoms with Gasteiger partial charge < -0.3 is 14.8 Å². The Hall–Kier alpha value is -2.72. The zero-order valence-corrected chi connectivity index (χ0v) is 15.1. The van der Waals surface area contributed by atoms with Gasteiger partial charge in [0, 0.05) is 25.0 Å². The third-order valence-corrected chi connectivity index (χ3v) is 5.14. The highest BCUT2D eigenvalue weighted by Gasteiger charge is 2.31. The van der Waals surface area contributed by atoms with E-state index in [0.717, 1.165) is 18.7 Å². The van der Waals surface area contributed by atoms with E-state index < -0.39 is 0 Å². The molecule has 2 amide bonds. The van der Waals surface area contributed by atoms with E-state index in [0.29, 0.717) is 17.3 Å². The van der Waals surface area contributed by atoms with Crippen LogP contribution in [0.2, 0.25) is 5.02 Å². The van der Waals surface area contributed by atoms with Crippen molar-refractivity contribution in [1.82, 2.24) is 9.47 Å². The number of nitrogens with zero attached hydrogens (tertiary/aromatic N) is 2. The molecule has 0 radical (unpaired) electrons. The third-order valence-electron chi connectivity index (χ3n) is 4.81. The molecule has 0 unspecified atom stereocenters. The number of fused-ring (bicyclic) bond motifs is 1. The molecule has 26 heavy (non-hydrogen) atoms. The quantitative estimate of drug-likeness (QED) is 0.698. The standard InChI is InChI=1S/C21H20ClN3O/c22-17-9-4-5-10-18(17)23-21(26)25-14-13-24-12-6-11-19(24)20(25)15-16-7-2-1-3-8-16/h1-12,20H,13-15H2,(H,23,26)/t20-/m0/s1. The Morgan fingerprint density at radius 1 is 1.00 bits per heavy atom. The summed E-state index contributed by atoms with van der Waals surface area (Å²) in [5, 5.41) is 3.51. The second kappa shape index (κ2) is 7.26. The highest BCUT2D eigenvalue weighted by molar-refractivity contribution is 6.33. The Morgan fingerprint density at radius 3 is 2.58 bits per heavy atom. The van der Waals surface area contributed by atoms with Crippen LogP contribution in [-0.2, 0) is 13.0 Å². The SMILES string of the molecule is O=C(Nc1ccccc1Cl)N1CCn2cccc2[C@@H]1Cc1ccccc1. The number of carbonyl (C=O) groups is 1. The Morgan fingerprint density at radius 2 is 1.77 bits per heavy atom. The number of nitrogens with one attached hydrogen (secondary N) is 1. The van der Waals surface area contributed by atoms with Crippen molar-refractivity contribution in [2.24, 2.45) is 0 Å². The lowest BCUT2D eigenvalue weighted by atomic mass is 10.0. The summed E-state index contributed by atoms with van der Waals surface area (Å²) >= 11 is 6.20. The molecule has 2 aromatic carbocycles. The first-order valence-electron chi connectivity index (χ1n) is 8.73. The van der Waals surface area contributed by atoms with E-state index in [2.05, 4.69) is 34.3 Å². The first kappa shape index (κ1) is 16.7. The number of urea groups is 1. The maximum Gasteiger partial charge on any atom is 0.322 e. The predicted molar refractivity (Wildman–Crippen MR) is 104 cm³/mol. The summed E-state index contributed by atoms with van der Waals surface area (Å²) in [4.78, 5) is 14.9. The fourth-order valence-corrected chi connectivity index (χ4v) is 3.69. The van der Waals surface area contributed by atoms with Crippen LogP contribution in [-0.4, -0.2) is 22.0 Å². The van der Waals surface area contributed by atoms with Crippen LogP contribution in [0.3, 0.4) is 0 Å². The van der Waals surface area contributed by atoms with Crippen LogP contribution in [0, 0.1) is 0 Å². The topological polar surface area (TPSA) is 37.3 Å². The van der Waals surface area contributed by atoms with Crippen LogP contribution in [0.15, 0.2) is 72.9 Å². The smallest absolute Gasteiger partial charge is 0.322 e. The zero-order chi connectivity index (χ0) is 17.9. The lowest BCUT2D eigenvalue weighted by Crippen LogP contribution is -2.44. The first-order valence-corrected chi connectivity index (χ1v) is 9.11. The molecule has 4 nitrogen and oxygen atoms in total. The summed E-state index contributed by atoms with van der Waals surface area (Å²) in [5.74, 6) is 0. The van der Waals surface area contributed by atoms with Gasteiger partial charge in [-0.05, 0) is 36.2 Å². The monoisotopic (exact) mass is 365 g/mol. The number of hydrogen-bond acceptors (Lipinski definition) is 1. The summed E-state index contributed by atoms with van der Waals surface area (Å²) in [6.45, 7) is 1.46. The van der Waals surface area contributed by atoms with Gasteiger partial charge in [-0.3, -0.25) is 0 Å². The normalized spacial score (nSPS) is 16.2. The molecule has 1 aliphatic heterocycles. The molecule has 1 aromatic heterocycles. The molecule has 3 aromatic rings. The van der Waals surface area contributed by atoms with Crippen LogP contribution in [0.4, 0.5) is 10.5 Å². The minimum Gasteiger partial charge on any atom is -0.348 e. The fourth-order valence-electron chi connectivity index (χ4n) is 3.51. The maximum atomic E-state index is 13.0. The van der Waals surface area contributed by atoms with Crippen molar-refractivity contribution in [3.8, 4) is 0 Å². The van der Waals surface area contributed by atoms with Gasteiger partial charge in [0.1, 0.15) is 0 Å². The van der Waals surface area contributed by atoms with E-state index in [4.69, 9.17) is 11.6 Å². The molecule has 132 valence electrons. The van der Waals surface area contributed by atoms with Gasteiger partial charge in [-0.1, -0.05) is 54.1 Å². The number of rotatable bonds is 3. The molecule has 2 heterocycles. The van der Waals surface area contributed by atoms with Crippen molar-refractivity contribution in [1.29, 1.82) is 0 Å². The van der Waals surface area contributed by atoms with E-state index in [1.54, 1.807) is 6.07 Å². The van der Waals surface area contributed by atoms with Crippen LogP contribution >= 0.6 is 11.6 Å². The summed E-state index contributed by atoms with van der Waals surface area (Å²) in [5.41, 5.74) is 3.01. The van der Waals surface area contributed by atoms with Crippen LogP contribution in [0.25, 0.3) is 0 Å². The van der Waals surface area contributed by atoms with Gasteiger partial charge in [0.2, 0.25) is 0 Å². The zero-order valence-electron chi connectivity index (χ0n) is 14.3. The molecule has 5 heteroatoms. The predicted octanol–water partition coefficient (Wildman–Crippen LogP) is 4.97. The molecule has 1 N–H and O–H groups in total. The number of hydrogen-bond donors (Lipinski definition) is 1. The van der Waals surface area contributed by atoms with E-state index in [1.165, 1.54) is 5.56 Å². The molecule has 0 bridgehead atoms. The van der Waals surface area contributed by atoms with E-state index in [1.807, 2.05) is 47.4 Å². The van der Waals surface area contributed by atoms with Crippen LogP contribution < -0.4 is 5.32 Å². The van der Waals surface area contributed by atoms with Gasteiger partial charge in [0.25, 0.3) is 0 Å². The van der Waals surface area contributed by atoms with E-state index in [9.17, 15) is 4.79 Å². The number of para-hydroxylation sites is 1. The van der Waals surface area contributed by atoms with E-state index in [-0.39, 0.29) is 12.1 Å². The van der Waals surface area contributed by atoms with Crippen molar-refractivity contribution in [2.75, 3.05) is 11.9 Å². The second-order valence-corrected chi connectivity index (χ2v) is 6.84. The minimum atomic E-state index is -0.119. The molecule has 1 atom stereocenters. The van der Waals surface area contributed by atoms with Gasteiger partial charge in [-0.25, -0.2) is 4.79 Å². The summed E-state index contributed by atoms with van der Waals surface area (Å²) in [6, 6.07) is 21.6. The highest BCUT2D eigenvalue weighted by Crippen LogP contribution is 2.30. The maximum absolute atomic E-state index is 13.0. The Kier molecular flexibility index (Phi) is 4.67. The summed E-state index contributed by atoms with van der Waals surface area (Å²) in [7, 11) is 0. The second-order valence-electron chi connectivity index (χ2n) is 6.44. The molecule has 4 rings (SSSR count). The first-order chi connectivity index (χ1) is 12.7. The molecule has 0 aliphatic carbocycles. The number of aromatic nitrogens is 1. The van der Waals surface area contributed by atoms with Crippen molar-refractivity contribution in [3.63, 3.8) is 0 Å². The van der Waals surface area contributed by atoms with Gasteiger partial charge >= 0.3 is 6.03 Å². The van der Waals surface area contributed by atoms with Gasteiger partial charge in [-0.15, -0.1) is 0 Å². The number of carbonyl (C=O) groups excluding carboxylic acids is 1. The van der Waals surface area contributed by atoms with Gasteiger partial charge in [-0.2, -0.15) is 0 Å². The largest absolute Gasteiger partial charge is 0.348 e. The highest BCUT2D eigenvalue weighted by atomic mass is 35.5. The number of halogens is 1. The average Bonchev–Trinajstić information content (AvgIpc) is 3.14. The molecule has 0 fully saturated rings. The lowest BCUT2D eigenvalue weighted by Gasteiger charge is -2.37. The molecular formula is C21H20ClN3O. The summed E-state index contributed by atoms with van der Waals surface area (Å²) in [6.07, 6.45) is 2.86. The van der Waals surface area contributed by atoms with Crippen LogP contribution in [0.1, 0.15) is 17.3 Å². The van der Waals surface area contributed by atoms with Crippen molar-refractivity contribution in [2.45, 2.75) is 19.0 Å². The molecular weight excluding hydrogens is 346 g/mol. The van der Waals surface area contributed by atoms with Crippen molar-refractivity contribution in [3.05, 3.63) is 89.2 Å². The number of benzene rings is 2. The van der Waals surface area contributed by atoms with E-state index >= 15 is 0 Å². The molecule has 1 aliphatic rings. The number of amides is 2. The Bertz CT molecular complexity index is 906. The fraction of sp³-hybridized carbons (Fsp3) is 0.190. The lowest BCUT2D eigenvalue weighted by molar-refractivity contribution is 0.167. The Balaban J connectivity index is 1.61. The summed E-state index contributed by atoms with van der Waals surface area (Å²) < 4.78 is 2.23. The van der Waals surface area contributed by atoms with Crippen LogP contribution in [0.5, 0.6) is 0 Å². The van der Waals surface area contributed by atoms with Crippen molar-refractivity contribution >= 4 is 23.3 Å². The third kappa shape index (κ3) is 3.33. The molecule has 0 spiro atoms. The minimum absolute atomic E-state index is 0.0105. The molecule has 0 saturated carbocycles. The molecule has 0 saturated heterocycles. The van der Waals surface area contributed by atoms with Gasteiger partial charge in [0.05, 0.1) is 16.8 Å². The number of anilines is 1. The average molecular weight is 366 g/mol.